The second-order valence-electron chi connectivity index (χ2n) is 7.88. The maximum absolute atomic E-state index is 11.5. The highest BCUT2D eigenvalue weighted by Gasteiger charge is 2.24. The third-order valence-corrected chi connectivity index (χ3v) is 7.17. The molecule has 5 aromatic rings. The van der Waals surface area contributed by atoms with Crippen molar-refractivity contribution in [1.82, 2.24) is 0 Å². The van der Waals surface area contributed by atoms with E-state index in [0.29, 0.717) is 0 Å². The van der Waals surface area contributed by atoms with Gasteiger partial charge in [0.05, 0.1) is 11.4 Å². The van der Waals surface area contributed by atoms with Crippen molar-refractivity contribution in [1.29, 1.82) is 0 Å². The molecule has 31 heavy (non-hydrogen) atoms. The lowest BCUT2D eigenvalue weighted by molar-refractivity contribution is 0.175. The van der Waals surface area contributed by atoms with Crippen LogP contribution in [0.15, 0.2) is 115 Å². The van der Waals surface area contributed by atoms with E-state index in [9.17, 15) is 5.11 Å². The average molecular weight is 421 g/mol. The minimum Gasteiger partial charge on any atom is -0.387 e. The first-order chi connectivity index (χ1) is 15.3. The molecule has 0 bridgehead atoms. The van der Waals surface area contributed by atoms with E-state index in [1.54, 1.807) is 11.8 Å². The van der Waals surface area contributed by atoms with E-state index in [-0.39, 0.29) is 5.25 Å². The van der Waals surface area contributed by atoms with Gasteiger partial charge in [0.25, 0.3) is 0 Å². The SMILES string of the molecule is O[C@H](c1ccc2ccccc2c1)[C@H](SCc1ccccc1)c1ccc2ccccc2c1. The van der Waals surface area contributed by atoms with Crippen LogP contribution in [0.25, 0.3) is 21.5 Å². The largest absolute Gasteiger partial charge is 0.387 e. The van der Waals surface area contributed by atoms with E-state index in [4.69, 9.17) is 0 Å². The Morgan fingerprint density at radius 2 is 1.06 bits per heavy atom. The van der Waals surface area contributed by atoms with E-state index in [0.717, 1.165) is 22.3 Å². The van der Waals surface area contributed by atoms with E-state index in [1.807, 2.05) is 18.2 Å². The summed E-state index contributed by atoms with van der Waals surface area (Å²) in [6.07, 6.45) is -0.598. The van der Waals surface area contributed by atoms with Gasteiger partial charge in [-0.3, -0.25) is 0 Å². The molecule has 0 aliphatic heterocycles. The molecule has 0 aromatic heterocycles. The lowest BCUT2D eigenvalue weighted by Crippen LogP contribution is -2.09. The van der Waals surface area contributed by atoms with Gasteiger partial charge in [-0.05, 0) is 50.4 Å². The fraction of sp³-hybridized carbons (Fsp3) is 0.103. The van der Waals surface area contributed by atoms with Gasteiger partial charge >= 0.3 is 0 Å². The second-order valence-corrected chi connectivity index (χ2v) is 9.01. The molecule has 0 saturated carbocycles. The average Bonchev–Trinajstić information content (AvgIpc) is 2.84. The molecule has 152 valence electrons. The van der Waals surface area contributed by atoms with Crippen LogP contribution in [0.1, 0.15) is 28.0 Å². The first-order valence-corrected chi connectivity index (χ1v) is 11.6. The Bertz CT molecular complexity index is 1310. The maximum atomic E-state index is 11.5. The molecule has 0 aliphatic rings. The van der Waals surface area contributed by atoms with Crippen LogP contribution in [-0.2, 0) is 5.75 Å². The summed E-state index contributed by atoms with van der Waals surface area (Å²) in [4.78, 5) is 0. The van der Waals surface area contributed by atoms with E-state index < -0.39 is 6.10 Å². The lowest BCUT2D eigenvalue weighted by Gasteiger charge is -2.24. The molecule has 0 heterocycles. The Kier molecular flexibility index (Phi) is 5.75. The quantitative estimate of drug-likeness (QED) is 0.304. The number of aliphatic hydroxyl groups excluding tert-OH is 1. The minimum absolute atomic E-state index is 0.0639. The molecule has 5 aromatic carbocycles. The summed E-state index contributed by atoms with van der Waals surface area (Å²) in [5, 5.41) is 16.2. The smallest absolute Gasteiger partial charge is 0.0949 e. The summed E-state index contributed by atoms with van der Waals surface area (Å²) in [5.74, 6) is 0.850. The number of rotatable bonds is 6. The van der Waals surface area contributed by atoms with Gasteiger partial charge in [-0.2, -0.15) is 0 Å². The molecule has 2 atom stereocenters. The van der Waals surface area contributed by atoms with Crippen LogP contribution < -0.4 is 0 Å². The normalized spacial score (nSPS) is 13.3. The van der Waals surface area contributed by atoms with Crippen molar-refractivity contribution in [2.45, 2.75) is 17.1 Å². The van der Waals surface area contributed by atoms with Crippen LogP contribution >= 0.6 is 11.8 Å². The maximum Gasteiger partial charge on any atom is 0.0949 e. The molecule has 1 N–H and O–H groups in total. The summed E-state index contributed by atoms with van der Waals surface area (Å²) in [6, 6.07) is 40.0. The van der Waals surface area contributed by atoms with Gasteiger partial charge in [0, 0.05) is 5.75 Å². The van der Waals surface area contributed by atoms with E-state index in [2.05, 4.69) is 97.1 Å². The van der Waals surface area contributed by atoms with Crippen LogP contribution in [0.3, 0.4) is 0 Å². The zero-order valence-electron chi connectivity index (χ0n) is 17.2. The summed E-state index contributed by atoms with van der Waals surface area (Å²) in [7, 11) is 0. The molecule has 0 saturated heterocycles. The monoisotopic (exact) mass is 420 g/mol. The molecule has 2 heteroatoms. The number of thioether (sulfide) groups is 1. The summed E-state index contributed by atoms with van der Waals surface area (Å²) >= 11 is 1.79. The number of aliphatic hydroxyl groups is 1. The third-order valence-electron chi connectivity index (χ3n) is 5.78. The van der Waals surface area contributed by atoms with Gasteiger partial charge in [-0.1, -0.05) is 103 Å². The lowest BCUT2D eigenvalue weighted by atomic mass is 9.96. The first-order valence-electron chi connectivity index (χ1n) is 10.6. The van der Waals surface area contributed by atoms with E-state index >= 15 is 0 Å². The van der Waals surface area contributed by atoms with Crippen LogP contribution in [0.4, 0.5) is 0 Å². The van der Waals surface area contributed by atoms with Gasteiger partial charge in [0.2, 0.25) is 0 Å². The predicted octanol–water partition coefficient (Wildman–Crippen LogP) is 7.70. The van der Waals surface area contributed by atoms with Gasteiger partial charge in [0.1, 0.15) is 0 Å². The molecule has 0 unspecified atom stereocenters. The standard InChI is InChI=1S/C29H24OS/c30-28(26-16-14-22-10-4-6-12-24(22)18-26)29(31-20-21-8-2-1-3-9-21)27-17-15-23-11-5-7-13-25(23)19-27/h1-19,28-30H,20H2/t28-,29-/m1/s1. The van der Waals surface area contributed by atoms with Gasteiger partial charge in [-0.15, -0.1) is 11.8 Å². The zero-order valence-corrected chi connectivity index (χ0v) is 18.0. The number of fused-ring (bicyclic) bond motifs is 2. The molecule has 0 spiro atoms. The van der Waals surface area contributed by atoms with Crippen molar-refractivity contribution in [2.24, 2.45) is 0 Å². The highest BCUT2D eigenvalue weighted by molar-refractivity contribution is 7.98. The van der Waals surface area contributed by atoms with Crippen molar-refractivity contribution in [3.63, 3.8) is 0 Å². The predicted molar refractivity (Wildman–Crippen MR) is 133 cm³/mol. The number of benzene rings is 5. The molecule has 0 radical (unpaired) electrons. The van der Waals surface area contributed by atoms with E-state index in [1.165, 1.54) is 21.7 Å². The fourth-order valence-corrected chi connectivity index (χ4v) is 5.32. The van der Waals surface area contributed by atoms with Gasteiger partial charge in [0.15, 0.2) is 0 Å². The number of hydrogen-bond acceptors (Lipinski definition) is 2. The topological polar surface area (TPSA) is 20.2 Å². The summed E-state index contributed by atoms with van der Waals surface area (Å²) in [6.45, 7) is 0. The van der Waals surface area contributed by atoms with Crippen molar-refractivity contribution >= 4 is 33.3 Å². The molecule has 0 aliphatic carbocycles. The van der Waals surface area contributed by atoms with Crippen LogP contribution in [0.2, 0.25) is 0 Å². The zero-order chi connectivity index (χ0) is 21.0. The Balaban J connectivity index is 1.52. The molecular weight excluding hydrogens is 396 g/mol. The molecule has 0 amide bonds. The van der Waals surface area contributed by atoms with Crippen molar-refractivity contribution in [3.05, 3.63) is 132 Å². The van der Waals surface area contributed by atoms with Crippen molar-refractivity contribution in [3.8, 4) is 0 Å². The third kappa shape index (κ3) is 4.36. The Hall–Kier alpha value is -3.07. The molecule has 0 fully saturated rings. The number of hydrogen-bond donors (Lipinski definition) is 1. The molecule has 1 nitrogen and oxygen atoms in total. The molecular formula is C29H24OS. The minimum atomic E-state index is -0.598. The summed E-state index contributed by atoms with van der Waals surface area (Å²) < 4.78 is 0. The van der Waals surface area contributed by atoms with Crippen molar-refractivity contribution in [2.75, 3.05) is 0 Å². The van der Waals surface area contributed by atoms with Crippen LogP contribution in [-0.4, -0.2) is 5.11 Å². The van der Waals surface area contributed by atoms with Crippen LogP contribution in [0.5, 0.6) is 0 Å². The molecule has 5 rings (SSSR count). The highest BCUT2D eigenvalue weighted by Crippen LogP contribution is 2.43. The first kappa shape index (κ1) is 19.9. The Morgan fingerprint density at radius 3 is 1.71 bits per heavy atom. The Morgan fingerprint density at radius 1 is 0.548 bits per heavy atom. The second kappa shape index (κ2) is 8.97. The Labute approximate surface area is 187 Å². The van der Waals surface area contributed by atoms with Crippen LogP contribution in [0, 0.1) is 0 Å². The fourth-order valence-electron chi connectivity index (χ4n) is 4.08. The van der Waals surface area contributed by atoms with Gasteiger partial charge < -0.3 is 5.11 Å². The summed E-state index contributed by atoms with van der Waals surface area (Å²) in [5.41, 5.74) is 3.38. The van der Waals surface area contributed by atoms with Crippen molar-refractivity contribution < 1.29 is 5.11 Å². The van der Waals surface area contributed by atoms with Gasteiger partial charge in [-0.25, -0.2) is 0 Å². The highest BCUT2D eigenvalue weighted by atomic mass is 32.2.